The number of aromatic nitrogens is 1. The summed E-state index contributed by atoms with van der Waals surface area (Å²) >= 11 is 1.84. The number of fused-ring (bicyclic) bond motifs is 4. The lowest BCUT2D eigenvalue weighted by Crippen LogP contribution is -2.56. The summed E-state index contributed by atoms with van der Waals surface area (Å²) < 4.78 is 9.46. The number of hydrogen-bond donors (Lipinski definition) is 0. The van der Waals surface area contributed by atoms with Crippen LogP contribution in [-0.2, 0) is 0 Å². The second kappa shape index (κ2) is 7.06. The van der Waals surface area contributed by atoms with E-state index in [1.807, 2.05) is 11.3 Å². The third kappa shape index (κ3) is 3.06. The number of rotatable bonds is 2. The molecule has 1 aromatic carbocycles. The predicted molar refractivity (Wildman–Crippen MR) is 121 cm³/mol. The Morgan fingerprint density at radius 3 is 2.52 bits per heavy atom. The number of methoxy groups -OCH3 is 1. The van der Waals surface area contributed by atoms with Crippen molar-refractivity contribution in [2.45, 2.75) is 58.7 Å². The minimum atomic E-state index is 0.644. The van der Waals surface area contributed by atoms with Crippen LogP contribution in [0.3, 0.4) is 0 Å². The van der Waals surface area contributed by atoms with Crippen LogP contribution in [-0.4, -0.2) is 48.2 Å². The van der Waals surface area contributed by atoms with Crippen molar-refractivity contribution in [1.29, 1.82) is 0 Å². The molecule has 0 radical (unpaired) electrons. The lowest BCUT2D eigenvalue weighted by Gasteiger charge is -2.35. The normalized spacial score (nSPS) is 22.2. The van der Waals surface area contributed by atoms with E-state index in [0.29, 0.717) is 18.1 Å². The molecule has 5 heteroatoms. The molecule has 2 bridgehead atoms. The van der Waals surface area contributed by atoms with Crippen LogP contribution in [0.1, 0.15) is 37.8 Å². The fourth-order valence-electron chi connectivity index (χ4n) is 5.56. The molecule has 1 aromatic rings. The molecule has 3 heterocycles. The molecule has 1 aliphatic carbocycles. The van der Waals surface area contributed by atoms with Gasteiger partial charge in [-0.05, 0) is 58.2 Å². The second-order valence-corrected chi connectivity index (χ2v) is 9.95. The van der Waals surface area contributed by atoms with Crippen molar-refractivity contribution in [2.24, 2.45) is 0 Å². The maximum absolute atomic E-state index is 5.64. The van der Waals surface area contributed by atoms with Gasteiger partial charge in [0, 0.05) is 23.7 Å². The average molecular weight is 409 g/mol. The Labute approximate surface area is 176 Å². The van der Waals surface area contributed by atoms with E-state index in [1.54, 1.807) is 7.11 Å². The van der Waals surface area contributed by atoms with E-state index < -0.39 is 0 Å². The Kier molecular flexibility index (Phi) is 4.63. The van der Waals surface area contributed by atoms with Gasteiger partial charge in [-0.15, -0.1) is 11.3 Å². The maximum atomic E-state index is 5.64. The highest BCUT2D eigenvalue weighted by Crippen LogP contribution is 2.37. The summed E-state index contributed by atoms with van der Waals surface area (Å²) in [6.07, 6.45) is 2.67. The van der Waals surface area contributed by atoms with Crippen LogP contribution in [0.4, 0.5) is 0 Å². The van der Waals surface area contributed by atoms with E-state index in [2.05, 4.69) is 61.4 Å². The van der Waals surface area contributed by atoms with Crippen molar-refractivity contribution in [3.63, 3.8) is 0 Å². The zero-order valence-corrected chi connectivity index (χ0v) is 18.8. The number of ether oxygens (including phenoxy) is 1. The van der Waals surface area contributed by atoms with Gasteiger partial charge in [0.1, 0.15) is 5.75 Å². The molecule has 152 valence electrons. The van der Waals surface area contributed by atoms with E-state index in [1.165, 1.54) is 33.3 Å². The van der Waals surface area contributed by atoms with Gasteiger partial charge >= 0.3 is 0 Å². The fraction of sp³-hybridized carbons (Fsp3) is 0.500. The molecule has 2 atom stereocenters. The van der Waals surface area contributed by atoms with Crippen LogP contribution in [0, 0.1) is 13.8 Å². The largest absolute Gasteiger partial charge is 0.496 e. The van der Waals surface area contributed by atoms with Gasteiger partial charge in [-0.1, -0.05) is 0 Å². The van der Waals surface area contributed by atoms with Crippen molar-refractivity contribution < 1.29 is 4.74 Å². The zero-order valence-electron chi connectivity index (χ0n) is 18.0. The maximum Gasteiger partial charge on any atom is 0.201 e. The predicted octanol–water partition coefficient (Wildman–Crippen LogP) is 4.05. The van der Waals surface area contributed by atoms with Gasteiger partial charge in [-0.3, -0.25) is 4.90 Å². The Morgan fingerprint density at radius 2 is 1.86 bits per heavy atom. The van der Waals surface area contributed by atoms with E-state index >= 15 is 0 Å². The molecule has 29 heavy (non-hydrogen) atoms. The monoisotopic (exact) mass is 408 g/mol. The fourth-order valence-corrected chi connectivity index (χ4v) is 6.63. The molecule has 2 saturated heterocycles. The van der Waals surface area contributed by atoms with Crippen LogP contribution in [0.25, 0.3) is 20.8 Å². The molecule has 0 N–H and O–H groups in total. The number of aryl methyl sites for hydroxylation is 2. The third-order valence-corrected chi connectivity index (χ3v) is 7.99. The first-order chi connectivity index (χ1) is 14.0. The van der Waals surface area contributed by atoms with Crippen molar-refractivity contribution in [2.75, 3.05) is 20.2 Å². The third-order valence-electron chi connectivity index (χ3n) is 6.73. The molecule has 0 amide bonds. The molecule has 4 aliphatic rings. The van der Waals surface area contributed by atoms with Gasteiger partial charge in [-0.25, -0.2) is 9.56 Å². The van der Waals surface area contributed by atoms with E-state index in [0.717, 1.165) is 35.6 Å². The highest BCUT2D eigenvalue weighted by molar-refractivity contribution is 7.21. The quantitative estimate of drug-likeness (QED) is 0.473. The summed E-state index contributed by atoms with van der Waals surface area (Å²) in [6, 6.07) is 11.0. The van der Waals surface area contributed by atoms with Crippen molar-refractivity contribution in [1.82, 2.24) is 14.5 Å². The van der Waals surface area contributed by atoms with Gasteiger partial charge in [0.15, 0.2) is 13.1 Å². The second-order valence-electron chi connectivity index (χ2n) is 8.90. The minimum Gasteiger partial charge on any atom is -0.496 e. The van der Waals surface area contributed by atoms with Crippen molar-refractivity contribution in [3.8, 4) is 16.3 Å². The first kappa shape index (κ1) is 19.0. The smallest absolute Gasteiger partial charge is 0.201 e. The van der Waals surface area contributed by atoms with Gasteiger partial charge in [0.2, 0.25) is 5.36 Å². The molecule has 0 spiro atoms. The van der Waals surface area contributed by atoms with Crippen LogP contribution < -0.4 is 14.7 Å². The molecule has 4 nitrogen and oxygen atoms in total. The van der Waals surface area contributed by atoms with Gasteiger partial charge in [0.05, 0.1) is 40.0 Å². The summed E-state index contributed by atoms with van der Waals surface area (Å²) in [6.45, 7) is 11.2. The lowest BCUT2D eigenvalue weighted by atomic mass is 10.1. The molecule has 3 aliphatic heterocycles. The van der Waals surface area contributed by atoms with Crippen LogP contribution in [0.2, 0.25) is 0 Å². The number of nitrogens with zero attached hydrogens (tertiary/aromatic N) is 3. The summed E-state index contributed by atoms with van der Waals surface area (Å²) in [5, 5.41) is 1.34. The van der Waals surface area contributed by atoms with Gasteiger partial charge in [0.25, 0.3) is 0 Å². The summed E-state index contributed by atoms with van der Waals surface area (Å²) in [5.41, 5.74) is 4.48. The first-order valence-corrected chi connectivity index (χ1v) is 11.5. The Hall–Kier alpha value is -1.98. The molecule has 2 fully saturated rings. The topological polar surface area (TPSA) is 28.4 Å². The summed E-state index contributed by atoms with van der Waals surface area (Å²) in [7, 11) is 1.75. The van der Waals surface area contributed by atoms with Crippen LogP contribution in [0.15, 0.2) is 24.3 Å². The Balaban J connectivity index is 1.63. The van der Waals surface area contributed by atoms with Gasteiger partial charge < -0.3 is 4.74 Å². The SMILES string of the molecule is COc1c(C)cc2nc3ccc(=[N+]4CC5CCC(C4)N5C(C)C)cc-3sc2c1C. The van der Waals surface area contributed by atoms with Crippen LogP contribution >= 0.6 is 11.3 Å². The standard InChI is InChI=1S/C24H30N3OS/c1-14(2)27-18-6-7-19(27)13-26(12-18)17-8-9-20-22(11-17)29-24-16(4)23(28-5)15(3)10-21(24)25-20/h8-11,14,18-19H,6-7,12-13H2,1-5H3/q+1. The zero-order chi connectivity index (χ0) is 20.3. The van der Waals surface area contributed by atoms with Crippen molar-refractivity contribution in [3.05, 3.63) is 40.7 Å². The molecular weight excluding hydrogens is 378 g/mol. The highest BCUT2D eigenvalue weighted by Gasteiger charge is 2.43. The summed E-state index contributed by atoms with van der Waals surface area (Å²) in [5.74, 6) is 0.979. The molecule has 2 unspecified atom stereocenters. The Morgan fingerprint density at radius 1 is 1.14 bits per heavy atom. The average Bonchev–Trinajstić information content (AvgIpc) is 2.97. The number of hydrogen-bond acceptors (Lipinski definition) is 4. The molecular formula is C24H30N3OS+. The van der Waals surface area contributed by atoms with E-state index in [9.17, 15) is 0 Å². The minimum absolute atomic E-state index is 0.644. The van der Waals surface area contributed by atoms with E-state index in [4.69, 9.17) is 9.72 Å². The molecule has 0 saturated carbocycles. The van der Waals surface area contributed by atoms with Crippen LogP contribution in [0.5, 0.6) is 5.75 Å². The Bertz CT molecular complexity index is 1120. The van der Waals surface area contributed by atoms with Crippen molar-refractivity contribution >= 4 is 21.6 Å². The highest BCUT2D eigenvalue weighted by atomic mass is 32.1. The van der Waals surface area contributed by atoms with E-state index in [-0.39, 0.29) is 0 Å². The van der Waals surface area contributed by atoms with Gasteiger partial charge in [-0.2, -0.15) is 0 Å². The summed E-state index contributed by atoms with van der Waals surface area (Å²) in [4.78, 5) is 8.96. The number of piperazine rings is 1. The lowest BCUT2D eigenvalue weighted by molar-refractivity contribution is 0.104. The molecule has 5 rings (SSSR count). The first-order valence-electron chi connectivity index (χ1n) is 10.7. The molecule has 0 aromatic heterocycles. The number of benzene rings is 2.